The molecule has 0 saturated carbocycles. The minimum absolute atomic E-state index is 0.152. The van der Waals surface area contributed by atoms with Gasteiger partial charge in [-0.05, 0) is 24.3 Å². The van der Waals surface area contributed by atoms with Gasteiger partial charge in [-0.15, -0.1) is 0 Å². The average Bonchev–Trinajstić information content (AvgIpc) is 3.64. The molecule has 0 unspecified atom stereocenters. The Balaban J connectivity index is 1.39. The van der Waals surface area contributed by atoms with Gasteiger partial charge in [-0.1, -0.05) is 0 Å². The standard InChI is InChI=1S/C18H28N2O12P4/c21-33(25-5-6-26-33)13-19(14-34(22)27-7-8-28-34)17-1-2-18(4-3-17)20(15-35(23)29-9-10-30-35)16-36(24)31-11-12-32-36/h1-4H,5-16H2. The Bertz CT molecular complexity index is 943. The second-order valence-electron chi connectivity index (χ2n) is 8.27. The summed E-state index contributed by atoms with van der Waals surface area (Å²) >= 11 is 0. The number of anilines is 2. The van der Waals surface area contributed by atoms with Gasteiger partial charge in [-0.3, -0.25) is 18.3 Å². The third-order valence-corrected chi connectivity index (χ3v) is 13.0. The Kier molecular flexibility index (Phi) is 8.17. The monoisotopic (exact) mass is 588 g/mol. The first-order valence-corrected chi connectivity index (χ1v) is 18.2. The predicted molar refractivity (Wildman–Crippen MR) is 129 cm³/mol. The van der Waals surface area contributed by atoms with Gasteiger partial charge in [0.05, 0.1) is 52.9 Å². The second-order valence-corrected chi connectivity index (χ2v) is 16.4. The van der Waals surface area contributed by atoms with Crippen LogP contribution in [0.15, 0.2) is 24.3 Å². The molecule has 1 aromatic carbocycles. The minimum atomic E-state index is -3.42. The maximum absolute atomic E-state index is 12.9. The van der Waals surface area contributed by atoms with Gasteiger partial charge >= 0.3 is 30.4 Å². The number of hydrogen-bond donors (Lipinski definition) is 0. The van der Waals surface area contributed by atoms with Crippen LogP contribution in [0.4, 0.5) is 11.4 Å². The van der Waals surface area contributed by atoms with Gasteiger partial charge in [0.25, 0.3) is 0 Å². The van der Waals surface area contributed by atoms with Gasteiger partial charge in [-0.25, -0.2) is 0 Å². The molecule has 0 bridgehead atoms. The first-order valence-electron chi connectivity index (χ1n) is 11.3. The van der Waals surface area contributed by atoms with E-state index in [4.69, 9.17) is 36.2 Å². The summed E-state index contributed by atoms with van der Waals surface area (Å²) in [5.41, 5.74) is 1.09. The van der Waals surface area contributed by atoms with E-state index >= 15 is 0 Å². The number of nitrogens with zero attached hydrogens (tertiary/aromatic N) is 2. The van der Waals surface area contributed by atoms with Crippen molar-refractivity contribution >= 4 is 41.8 Å². The average molecular weight is 588 g/mol. The highest BCUT2D eigenvalue weighted by Gasteiger charge is 2.40. The van der Waals surface area contributed by atoms with E-state index in [1.165, 1.54) is 0 Å². The van der Waals surface area contributed by atoms with Crippen LogP contribution in [0, 0.1) is 0 Å². The minimum Gasteiger partial charge on any atom is -0.348 e. The summed E-state index contributed by atoms with van der Waals surface area (Å²) in [6, 6.07) is 6.74. The van der Waals surface area contributed by atoms with Crippen molar-refractivity contribution in [3.8, 4) is 0 Å². The smallest absolute Gasteiger partial charge is 0.348 e. The summed E-state index contributed by atoms with van der Waals surface area (Å²) in [7, 11) is -13.7. The topological polar surface area (TPSA) is 149 Å². The van der Waals surface area contributed by atoms with E-state index in [-0.39, 0.29) is 78.0 Å². The highest BCUT2D eigenvalue weighted by atomic mass is 31.2. The van der Waals surface area contributed by atoms with Crippen LogP contribution in [0.1, 0.15) is 0 Å². The van der Waals surface area contributed by atoms with E-state index in [0.29, 0.717) is 11.4 Å². The Labute approximate surface area is 208 Å². The Hall–Kier alpha value is -0.580. The lowest BCUT2D eigenvalue weighted by Gasteiger charge is -2.30. The fourth-order valence-corrected chi connectivity index (χ4v) is 10.8. The molecule has 0 atom stereocenters. The molecule has 0 N–H and O–H groups in total. The van der Waals surface area contributed by atoms with Gasteiger partial charge in [-0.2, -0.15) is 0 Å². The summed E-state index contributed by atoms with van der Waals surface area (Å²) in [6.45, 7) is 1.65. The predicted octanol–water partition coefficient (Wildman–Crippen LogP) is 4.09. The molecule has 0 spiro atoms. The second kappa shape index (κ2) is 10.9. The maximum atomic E-state index is 12.9. The quantitative estimate of drug-likeness (QED) is 0.361. The molecule has 4 saturated heterocycles. The van der Waals surface area contributed by atoms with Gasteiger partial charge in [0.2, 0.25) is 0 Å². The molecule has 4 aliphatic rings. The maximum Gasteiger partial charge on any atom is 0.349 e. The fraction of sp³-hybridized carbons (Fsp3) is 0.667. The molecule has 0 aromatic heterocycles. The molecule has 5 rings (SSSR count). The molecule has 4 fully saturated rings. The van der Waals surface area contributed by atoms with Crippen LogP contribution in [0.3, 0.4) is 0 Å². The van der Waals surface area contributed by atoms with Crippen LogP contribution in [-0.2, 0) is 54.5 Å². The summed E-state index contributed by atoms with van der Waals surface area (Å²) in [4.78, 5) is 3.14. The van der Waals surface area contributed by atoms with E-state index in [2.05, 4.69) is 0 Å². The fourth-order valence-electron chi connectivity index (χ4n) is 4.01. The highest BCUT2D eigenvalue weighted by Crippen LogP contribution is 2.58. The molecule has 1 aromatic rings. The molecule has 4 aliphatic heterocycles. The van der Waals surface area contributed by atoms with Crippen molar-refractivity contribution in [2.24, 2.45) is 0 Å². The van der Waals surface area contributed by atoms with Crippen molar-refractivity contribution < 1.29 is 54.5 Å². The molecule has 0 amide bonds. The van der Waals surface area contributed by atoms with Crippen LogP contribution in [0.25, 0.3) is 0 Å². The van der Waals surface area contributed by atoms with Crippen LogP contribution >= 0.6 is 30.4 Å². The van der Waals surface area contributed by atoms with Crippen LogP contribution < -0.4 is 9.80 Å². The van der Waals surface area contributed by atoms with Crippen LogP contribution in [0.5, 0.6) is 0 Å². The van der Waals surface area contributed by atoms with Crippen molar-refractivity contribution in [1.82, 2.24) is 0 Å². The lowest BCUT2D eigenvalue weighted by Crippen LogP contribution is -2.27. The van der Waals surface area contributed by atoms with Crippen molar-refractivity contribution in [2.45, 2.75) is 0 Å². The van der Waals surface area contributed by atoms with Crippen molar-refractivity contribution in [1.29, 1.82) is 0 Å². The molecule has 202 valence electrons. The van der Waals surface area contributed by atoms with E-state index in [1.54, 1.807) is 34.1 Å². The SMILES string of the molecule is O=P1(CN(CP2(=O)OCCO2)c2ccc(N(CP3(=O)OCCO3)CP3(=O)OCCO3)cc2)OCCO1. The molecule has 14 nitrogen and oxygen atoms in total. The van der Waals surface area contributed by atoms with Gasteiger partial charge in [0, 0.05) is 11.4 Å². The Morgan fingerprint density at radius 2 is 0.639 bits per heavy atom. The van der Waals surface area contributed by atoms with Crippen LogP contribution in [0.2, 0.25) is 0 Å². The Morgan fingerprint density at radius 1 is 0.444 bits per heavy atom. The first-order chi connectivity index (χ1) is 17.2. The molecule has 0 radical (unpaired) electrons. The molecular weight excluding hydrogens is 560 g/mol. The van der Waals surface area contributed by atoms with E-state index in [1.807, 2.05) is 0 Å². The molecular formula is C18H28N2O12P4. The van der Waals surface area contributed by atoms with Gasteiger partial charge in [0.1, 0.15) is 25.1 Å². The zero-order valence-corrected chi connectivity index (χ0v) is 23.0. The van der Waals surface area contributed by atoms with E-state index < -0.39 is 30.4 Å². The van der Waals surface area contributed by atoms with Gasteiger partial charge < -0.3 is 46.0 Å². The van der Waals surface area contributed by atoms with Crippen LogP contribution in [-0.4, -0.2) is 78.0 Å². The summed E-state index contributed by atoms with van der Waals surface area (Å²) < 4.78 is 94.2. The van der Waals surface area contributed by atoms with Gasteiger partial charge in [0.15, 0.2) is 0 Å². The molecule has 0 aliphatic carbocycles. The zero-order valence-electron chi connectivity index (χ0n) is 19.4. The van der Waals surface area contributed by atoms with Crippen molar-refractivity contribution in [3.05, 3.63) is 24.3 Å². The number of hydrogen-bond acceptors (Lipinski definition) is 14. The zero-order chi connectivity index (χ0) is 25.3. The third-order valence-electron chi connectivity index (χ3n) is 5.59. The van der Waals surface area contributed by atoms with E-state index in [0.717, 1.165) is 0 Å². The summed E-state index contributed by atoms with van der Waals surface area (Å²) in [6.07, 6.45) is -0.609. The molecule has 4 heterocycles. The molecule has 18 heteroatoms. The highest BCUT2D eigenvalue weighted by molar-refractivity contribution is 7.56. The van der Waals surface area contributed by atoms with Crippen molar-refractivity contribution in [3.63, 3.8) is 0 Å². The Morgan fingerprint density at radius 3 is 0.833 bits per heavy atom. The summed E-state index contributed by atoms with van der Waals surface area (Å²) in [5, 5.41) is 0. The van der Waals surface area contributed by atoms with E-state index in [9.17, 15) is 18.3 Å². The summed E-state index contributed by atoms with van der Waals surface area (Å²) in [5.74, 6) is 0. The lowest BCUT2D eigenvalue weighted by atomic mass is 10.2. The first kappa shape index (κ1) is 27.0. The normalized spacial score (nSPS) is 25.8. The largest absolute Gasteiger partial charge is 0.349 e. The van der Waals surface area contributed by atoms with Crippen molar-refractivity contribution in [2.75, 3.05) is 87.8 Å². The third kappa shape index (κ3) is 6.52. The molecule has 36 heavy (non-hydrogen) atoms. The lowest BCUT2D eigenvalue weighted by molar-refractivity contribution is 0.343. The number of benzene rings is 1. The number of rotatable bonds is 10.